The van der Waals surface area contributed by atoms with Gasteiger partial charge in [0.15, 0.2) is 12.6 Å². The number of ether oxygens (including phenoxy) is 4. The fourth-order valence-corrected chi connectivity index (χ4v) is 5.41. The summed E-state index contributed by atoms with van der Waals surface area (Å²) in [5.41, 5.74) is 35.0. The molecule has 18 nitrogen and oxygen atoms in total. The molecule has 6 unspecified atom stereocenters. The average molecular weight is 597 g/mol. The monoisotopic (exact) mass is 596 g/mol. The molecule has 2 heterocycles. The van der Waals surface area contributed by atoms with Crippen LogP contribution < -0.4 is 45.0 Å². The molecule has 0 aromatic rings. The van der Waals surface area contributed by atoms with Crippen LogP contribution in [0.3, 0.4) is 0 Å². The molecule has 0 bridgehead atoms. The van der Waals surface area contributed by atoms with Crippen molar-refractivity contribution in [3.63, 3.8) is 0 Å². The van der Waals surface area contributed by atoms with Crippen LogP contribution in [0.15, 0.2) is 0 Å². The summed E-state index contributed by atoms with van der Waals surface area (Å²) in [6.45, 7) is -0.360. The van der Waals surface area contributed by atoms with Gasteiger partial charge in [-0.05, 0) is 32.2 Å². The molecule has 14 atom stereocenters. The lowest BCUT2D eigenvalue weighted by atomic mass is 9.83. The summed E-state index contributed by atoms with van der Waals surface area (Å²) in [6.07, 6.45) is -12.4. The molecule has 0 radical (unpaired) electrons. The zero-order chi connectivity index (χ0) is 30.4. The van der Waals surface area contributed by atoms with Gasteiger partial charge < -0.3 is 84.2 Å². The largest absolute Gasteiger partial charge is 0.394 e. The Morgan fingerprint density at radius 1 is 0.951 bits per heavy atom. The second kappa shape index (κ2) is 15.5. The van der Waals surface area contributed by atoms with Crippen molar-refractivity contribution < 1.29 is 49.3 Å². The summed E-state index contributed by atoms with van der Waals surface area (Å²) in [4.78, 5) is 12.7. The van der Waals surface area contributed by atoms with E-state index in [4.69, 9.17) is 53.3 Å². The molecule has 1 saturated carbocycles. The molecule has 3 fully saturated rings. The van der Waals surface area contributed by atoms with Gasteiger partial charge in [-0.1, -0.05) is 0 Å². The van der Waals surface area contributed by atoms with Crippen molar-refractivity contribution in [3.8, 4) is 0 Å². The predicted octanol–water partition coefficient (Wildman–Crippen LogP) is -7.57. The summed E-state index contributed by atoms with van der Waals surface area (Å²) >= 11 is 0. The Balaban J connectivity index is 1.86. The van der Waals surface area contributed by atoms with Crippen molar-refractivity contribution in [2.24, 2.45) is 34.4 Å². The first-order chi connectivity index (χ1) is 19.4. The smallest absolute Gasteiger partial charge is 0.249 e. The number of nitrogens with one attached hydrogen (secondary N) is 2. The Bertz CT molecular complexity index is 820. The van der Waals surface area contributed by atoms with Crippen LogP contribution in [0.1, 0.15) is 25.7 Å². The average Bonchev–Trinajstić information content (AvgIpc) is 2.93. The zero-order valence-electron chi connectivity index (χ0n) is 22.9. The van der Waals surface area contributed by atoms with Crippen molar-refractivity contribution >= 4 is 5.91 Å². The van der Waals surface area contributed by atoms with E-state index in [1.807, 2.05) is 0 Å². The zero-order valence-corrected chi connectivity index (χ0v) is 22.9. The van der Waals surface area contributed by atoms with Crippen molar-refractivity contribution in [3.05, 3.63) is 0 Å². The van der Waals surface area contributed by atoms with Crippen molar-refractivity contribution in [2.75, 3.05) is 19.7 Å². The van der Waals surface area contributed by atoms with Crippen molar-refractivity contribution in [2.45, 2.75) is 118 Å². The number of aliphatic hydroxyl groups excluding tert-OH is 5. The highest BCUT2D eigenvalue weighted by molar-refractivity contribution is 5.80. The highest BCUT2D eigenvalue weighted by Crippen LogP contribution is 2.32. The first-order valence-electron chi connectivity index (χ1n) is 13.9. The summed E-state index contributed by atoms with van der Waals surface area (Å²) in [7, 11) is 0. The van der Waals surface area contributed by atoms with E-state index in [-0.39, 0.29) is 32.0 Å². The Hall–Kier alpha value is -1.17. The maximum atomic E-state index is 12.7. The molecule has 2 aliphatic heterocycles. The predicted molar refractivity (Wildman–Crippen MR) is 142 cm³/mol. The van der Waals surface area contributed by atoms with Crippen LogP contribution >= 0.6 is 0 Å². The number of aliphatic hydroxyl groups is 5. The first-order valence-corrected chi connectivity index (χ1v) is 13.9. The molecular formula is C23H48N8O10. The molecule has 0 aromatic heterocycles. The Labute approximate surface area is 237 Å². The highest BCUT2D eigenvalue weighted by atomic mass is 16.7. The van der Waals surface area contributed by atoms with Gasteiger partial charge >= 0.3 is 0 Å². The van der Waals surface area contributed by atoms with Gasteiger partial charge in [0.05, 0.1) is 30.8 Å². The number of nitrogens with two attached hydrogens (primary N) is 6. The van der Waals surface area contributed by atoms with E-state index in [9.17, 15) is 30.3 Å². The number of hydrogen-bond donors (Lipinski definition) is 13. The van der Waals surface area contributed by atoms with E-state index < -0.39 is 98.3 Å². The number of rotatable bonds is 12. The minimum Gasteiger partial charge on any atom is -0.394 e. The van der Waals surface area contributed by atoms with E-state index >= 15 is 0 Å². The van der Waals surface area contributed by atoms with E-state index in [0.29, 0.717) is 12.8 Å². The molecule has 2 saturated heterocycles. The standard InChI is InChI=1S/C23H48N8O10/c24-4-3-12(33)20(37)30-11-5-10(27)18(40-21-9(26)2-1-8(6-25)38-21)17(36)19(11)41-22-16(35)14(31-23(28)29)15(34)13(7-32)39-22/h8-19,21-23,31-36H,1-7,24-29H2,(H,30,37)/t8?,9?,10-,11+,12-,13?,14-,15+,16?,17?,18?,19-,21+,22+/m0/s1. The van der Waals surface area contributed by atoms with Crippen LogP contribution in [0, 0.1) is 0 Å². The molecule has 41 heavy (non-hydrogen) atoms. The lowest BCUT2D eigenvalue weighted by Crippen LogP contribution is -2.70. The van der Waals surface area contributed by atoms with E-state index in [2.05, 4.69) is 10.6 Å². The third-order valence-electron chi connectivity index (χ3n) is 7.70. The van der Waals surface area contributed by atoms with Gasteiger partial charge in [0.25, 0.3) is 0 Å². The fraction of sp³-hybridized carbons (Fsp3) is 0.957. The Morgan fingerprint density at radius 2 is 1.63 bits per heavy atom. The normalized spacial score (nSPS) is 42.7. The molecule has 18 heteroatoms. The Kier molecular flexibility index (Phi) is 13.0. The third kappa shape index (κ3) is 8.48. The quantitative estimate of drug-likeness (QED) is 0.0930. The molecule has 0 aromatic carbocycles. The molecule has 1 amide bonds. The van der Waals surface area contributed by atoms with Crippen molar-refractivity contribution in [1.82, 2.24) is 10.6 Å². The number of hydrogen-bond acceptors (Lipinski definition) is 17. The topological polar surface area (TPSA) is 335 Å². The van der Waals surface area contributed by atoms with Crippen molar-refractivity contribution in [1.29, 1.82) is 0 Å². The van der Waals surface area contributed by atoms with Crippen LogP contribution in [0.25, 0.3) is 0 Å². The maximum absolute atomic E-state index is 12.7. The van der Waals surface area contributed by atoms with Gasteiger partial charge in [0, 0.05) is 12.6 Å². The lowest BCUT2D eigenvalue weighted by Gasteiger charge is -2.49. The first kappa shape index (κ1) is 34.3. The second-order valence-electron chi connectivity index (χ2n) is 10.8. The number of amides is 1. The van der Waals surface area contributed by atoms with Gasteiger partial charge in [-0.3, -0.25) is 10.1 Å². The van der Waals surface area contributed by atoms with Gasteiger partial charge in [-0.25, -0.2) is 0 Å². The fourth-order valence-electron chi connectivity index (χ4n) is 5.41. The van der Waals surface area contributed by atoms with Gasteiger partial charge in [0.1, 0.15) is 49.0 Å². The van der Waals surface area contributed by atoms with E-state index in [1.165, 1.54) is 0 Å². The lowest BCUT2D eigenvalue weighted by molar-refractivity contribution is -0.316. The summed E-state index contributed by atoms with van der Waals surface area (Å²) < 4.78 is 23.5. The molecular weight excluding hydrogens is 548 g/mol. The van der Waals surface area contributed by atoms with Crippen LogP contribution in [0.5, 0.6) is 0 Å². The van der Waals surface area contributed by atoms with Gasteiger partial charge in [-0.2, -0.15) is 0 Å². The molecule has 3 rings (SSSR count). The molecule has 0 spiro atoms. The van der Waals surface area contributed by atoms with E-state index in [0.717, 1.165) is 0 Å². The van der Waals surface area contributed by atoms with Crippen LogP contribution in [0.2, 0.25) is 0 Å². The van der Waals surface area contributed by atoms with Gasteiger partial charge in [0.2, 0.25) is 5.91 Å². The minimum atomic E-state index is -1.59. The molecule has 19 N–H and O–H groups in total. The third-order valence-corrected chi connectivity index (χ3v) is 7.70. The van der Waals surface area contributed by atoms with E-state index in [1.54, 1.807) is 0 Å². The molecule has 1 aliphatic carbocycles. The summed E-state index contributed by atoms with van der Waals surface area (Å²) in [5.74, 6) is -0.779. The second-order valence-corrected chi connectivity index (χ2v) is 10.8. The molecule has 3 aliphatic rings. The van der Waals surface area contributed by atoms with Crippen LogP contribution in [0.4, 0.5) is 0 Å². The maximum Gasteiger partial charge on any atom is 0.249 e. The highest BCUT2D eigenvalue weighted by Gasteiger charge is 2.51. The summed E-state index contributed by atoms with van der Waals surface area (Å²) in [5, 5.41) is 58.1. The van der Waals surface area contributed by atoms with Gasteiger partial charge in [-0.15, -0.1) is 0 Å². The SMILES string of the molecule is NCC[C@H](O)C(=O)N[C@@H]1C[C@H](N)C(O[C@H]2OC(CN)CCC2N)C(O)[C@H]1O[C@H]1OC(CO)[C@@H](O)[C@H](NC(N)N)C1O. The Morgan fingerprint density at radius 3 is 2.24 bits per heavy atom. The molecule has 240 valence electrons. The van der Waals surface area contributed by atoms with Crippen LogP contribution in [-0.4, -0.2) is 143 Å². The number of carbonyl (C=O) groups excluding carboxylic acids is 1. The minimum absolute atomic E-state index is 0.0000245. The van der Waals surface area contributed by atoms with Crippen LogP contribution in [-0.2, 0) is 23.7 Å². The number of carbonyl (C=O) groups is 1. The summed E-state index contributed by atoms with van der Waals surface area (Å²) in [6, 6.07) is -3.58.